The summed E-state index contributed by atoms with van der Waals surface area (Å²) in [6.45, 7) is 2.54. The molecule has 2 amide bonds. The molecule has 0 aromatic heterocycles. The van der Waals surface area contributed by atoms with Gasteiger partial charge in [0.05, 0.1) is 7.11 Å². The maximum absolute atomic E-state index is 13.0. The number of benzene rings is 2. The fraction of sp³-hybridized carbons (Fsp3) is 0.375. The van der Waals surface area contributed by atoms with Crippen molar-refractivity contribution < 1.29 is 23.9 Å². The summed E-state index contributed by atoms with van der Waals surface area (Å²) in [4.78, 5) is 39.2. The summed E-state index contributed by atoms with van der Waals surface area (Å²) in [5.41, 5.74) is 2.86. The van der Waals surface area contributed by atoms with Gasteiger partial charge in [-0.25, -0.2) is 9.59 Å². The summed E-state index contributed by atoms with van der Waals surface area (Å²) in [5, 5.41) is 2.77. The molecule has 1 saturated heterocycles. The van der Waals surface area contributed by atoms with Crippen LogP contribution in [0.15, 0.2) is 54.6 Å². The van der Waals surface area contributed by atoms with Gasteiger partial charge in [0, 0.05) is 13.0 Å². The highest BCUT2D eigenvalue weighted by atomic mass is 16.6. The van der Waals surface area contributed by atoms with Crippen LogP contribution >= 0.6 is 0 Å². The summed E-state index contributed by atoms with van der Waals surface area (Å²) in [5.74, 6) is -0.900. The lowest BCUT2D eigenvalue weighted by atomic mass is 10.0. The van der Waals surface area contributed by atoms with Crippen LogP contribution in [0.2, 0.25) is 0 Å². The number of carbonyl (C=O) groups is 3. The second-order valence-corrected chi connectivity index (χ2v) is 7.67. The molecule has 7 heteroatoms. The highest BCUT2D eigenvalue weighted by Gasteiger charge is 2.37. The van der Waals surface area contributed by atoms with E-state index in [4.69, 9.17) is 9.47 Å². The molecule has 164 valence electrons. The molecule has 31 heavy (non-hydrogen) atoms. The fourth-order valence-electron chi connectivity index (χ4n) is 3.74. The van der Waals surface area contributed by atoms with Crippen LogP contribution in [-0.4, -0.2) is 48.6 Å². The Morgan fingerprint density at radius 3 is 2.55 bits per heavy atom. The third-order valence-corrected chi connectivity index (χ3v) is 5.32. The zero-order valence-electron chi connectivity index (χ0n) is 17.9. The normalized spacial score (nSPS) is 16.5. The number of esters is 1. The average molecular weight is 424 g/mol. The Balaban J connectivity index is 1.63. The maximum atomic E-state index is 13.0. The fourth-order valence-corrected chi connectivity index (χ4v) is 3.74. The van der Waals surface area contributed by atoms with E-state index < -0.39 is 24.1 Å². The number of likely N-dealkylation sites (tertiary alicyclic amines) is 1. The Hall–Kier alpha value is -3.35. The first-order chi connectivity index (χ1) is 15.0. The first kappa shape index (κ1) is 22.3. The van der Waals surface area contributed by atoms with Gasteiger partial charge in [0.1, 0.15) is 18.7 Å². The van der Waals surface area contributed by atoms with E-state index in [9.17, 15) is 14.4 Å². The topological polar surface area (TPSA) is 84.9 Å². The largest absolute Gasteiger partial charge is 0.467 e. The minimum absolute atomic E-state index is 0.142. The monoisotopic (exact) mass is 424 g/mol. The quantitative estimate of drug-likeness (QED) is 0.691. The van der Waals surface area contributed by atoms with E-state index in [1.807, 2.05) is 61.5 Å². The number of ether oxygens (including phenoxy) is 2. The predicted molar refractivity (Wildman–Crippen MR) is 115 cm³/mol. The van der Waals surface area contributed by atoms with Crippen molar-refractivity contribution in [2.75, 3.05) is 13.7 Å². The van der Waals surface area contributed by atoms with Gasteiger partial charge >= 0.3 is 12.1 Å². The number of nitrogens with one attached hydrogen (secondary N) is 1. The lowest BCUT2D eigenvalue weighted by Crippen LogP contribution is -2.51. The second-order valence-electron chi connectivity index (χ2n) is 7.67. The van der Waals surface area contributed by atoms with Crippen LogP contribution in [0.5, 0.6) is 0 Å². The summed E-state index contributed by atoms with van der Waals surface area (Å²) >= 11 is 0. The third-order valence-electron chi connectivity index (χ3n) is 5.32. The molecule has 1 aliphatic rings. The van der Waals surface area contributed by atoms with Crippen molar-refractivity contribution in [3.63, 3.8) is 0 Å². The van der Waals surface area contributed by atoms with Gasteiger partial charge in [0.2, 0.25) is 5.91 Å². The van der Waals surface area contributed by atoms with Crippen molar-refractivity contribution in [2.24, 2.45) is 0 Å². The molecule has 3 rings (SSSR count). The molecule has 0 unspecified atom stereocenters. The van der Waals surface area contributed by atoms with Gasteiger partial charge in [0.15, 0.2) is 0 Å². The molecule has 7 nitrogen and oxygen atoms in total. The molecule has 0 radical (unpaired) electrons. The molecule has 1 heterocycles. The number of methoxy groups -OCH3 is 1. The Morgan fingerprint density at radius 1 is 1.10 bits per heavy atom. The highest BCUT2D eigenvalue weighted by Crippen LogP contribution is 2.20. The Labute approximate surface area is 182 Å². The molecular formula is C24H28N2O5. The molecule has 1 fully saturated rings. The van der Waals surface area contributed by atoms with E-state index >= 15 is 0 Å². The number of nitrogens with zero attached hydrogens (tertiary/aromatic N) is 1. The minimum Gasteiger partial charge on any atom is -0.467 e. The lowest BCUT2D eigenvalue weighted by molar-refractivity contribution is -0.145. The molecular weight excluding hydrogens is 396 g/mol. The van der Waals surface area contributed by atoms with Gasteiger partial charge in [-0.1, -0.05) is 60.2 Å². The zero-order valence-corrected chi connectivity index (χ0v) is 17.9. The third kappa shape index (κ3) is 6.07. The van der Waals surface area contributed by atoms with Crippen LogP contribution in [-0.2, 0) is 32.1 Å². The Kier molecular flexibility index (Phi) is 7.65. The van der Waals surface area contributed by atoms with E-state index in [-0.39, 0.29) is 12.5 Å². The minimum atomic E-state index is -0.831. The summed E-state index contributed by atoms with van der Waals surface area (Å²) < 4.78 is 10.3. The molecule has 0 aliphatic carbocycles. The van der Waals surface area contributed by atoms with E-state index in [2.05, 4.69) is 5.32 Å². The lowest BCUT2D eigenvalue weighted by Gasteiger charge is -2.25. The number of hydrogen-bond donors (Lipinski definition) is 1. The smallest absolute Gasteiger partial charge is 0.410 e. The maximum Gasteiger partial charge on any atom is 0.410 e. The van der Waals surface area contributed by atoms with Crippen molar-refractivity contribution >= 4 is 18.0 Å². The molecule has 0 spiro atoms. The second kappa shape index (κ2) is 10.6. The average Bonchev–Trinajstić information content (AvgIpc) is 3.27. The predicted octanol–water partition coefficient (Wildman–Crippen LogP) is 3.00. The zero-order chi connectivity index (χ0) is 22.2. The van der Waals surface area contributed by atoms with Crippen LogP contribution in [0.4, 0.5) is 4.79 Å². The van der Waals surface area contributed by atoms with Gasteiger partial charge < -0.3 is 14.8 Å². The van der Waals surface area contributed by atoms with Crippen molar-refractivity contribution in [1.82, 2.24) is 10.2 Å². The van der Waals surface area contributed by atoms with Gasteiger partial charge in [0.25, 0.3) is 0 Å². The van der Waals surface area contributed by atoms with E-state index in [0.29, 0.717) is 25.8 Å². The first-order valence-corrected chi connectivity index (χ1v) is 10.4. The standard InChI is InChI=1S/C24H28N2O5/c1-17-8-6-11-19(14-17)15-20(23(28)30-2)25-22(27)21-12-7-13-26(21)24(29)31-16-18-9-4-3-5-10-18/h3-6,8-11,14,20-21H,7,12-13,15-16H2,1-2H3,(H,25,27)/t20-,21-/m1/s1. The van der Waals surface area contributed by atoms with Crippen molar-refractivity contribution in [3.8, 4) is 0 Å². The number of amides is 2. The highest BCUT2D eigenvalue weighted by molar-refractivity contribution is 5.90. The van der Waals surface area contributed by atoms with Gasteiger partial charge in [-0.3, -0.25) is 9.69 Å². The Bertz CT molecular complexity index is 915. The van der Waals surface area contributed by atoms with Crippen molar-refractivity contribution in [3.05, 3.63) is 71.3 Å². The number of hydrogen-bond acceptors (Lipinski definition) is 5. The summed E-state index contributed by atoms with van der Waals surface area (Å²) in [7, 11) is 1.29. The van der Waals surface area contributed by atoms with Crippen LogP contribution in [0.25, 0.3) is 0 Å². The summed E-state index contributed by atoms with van der Waals surface area (Å²) in [6, 6.07) is 15.6. The van der Waals surface area contributed by atoms with Crippen molar-refractivity contribution in [2.45, 2.75) is 44.9 Å². The first-order valence-electron chi connectivity index (χ1n) is 10.4. The van der Waals surface area contributed by atoms with Gasteiger partial charge in [-0.2, -0.15) is 0 Å². The molecule has 2 aromatic carbocycles. The SMILES string of the molecule is COC(=O)[C@@H](Cc1cccc(C)c1)NC(=O)[C@H]1CCCN1C(=O)OCc1ccccc1. The number of aryl methyl sites for hydroxylation is 1. The Morgan fingerprint density at radius 2 is 1.84 bits per heavy atom. The van der Waals surface area contributed by atoms with Crippen LogP contribution in [0.1, 0.15) is 29.5 Å². The molecule has 0 saturated carbocycles. The molecule has 2 atom stereocenters. The van der Waals surface area contributed by atoms with Gasteiger partial charge in [-0.15, -0.1) is 0 Å². The molecule has 0 bridgehead atoms. The number of rotatable bonds is 7. The van der Waals surface area contributed by atoms with Gasteiger partial charge in [-0.05, 0) is 30.9 Å². The van der Waals surface area contributed by atoms with Crippen LogP contribution in [0, 0.1) is 6.92 Å². The molecule has 1 N–H and O–H groups in total. The van der Waals surface area contributed by atoms with E-state index in [1.165, 1.54) is 12.0 Å². The molecule has 1 aliphatic heterocycles. The van der Waals surface area contributed by atoms with Crippen LogP contribution < -0.4 is 5.32 Å². The molecule has 2 aromatic rings. The number of carbonyl (C=O) groups excluding carboxylic acids is 3. The summed E-state index contributed by atoms with van der Waals surface area (Å²) in [6.07, 6.45) is 0.990. The van der Waals surface area contributed by atoms with E-state index in [0.717, 1.165) is 16.7 Å². The van der Waals surface area contributed by atoms with Crippen molar-refractivity contribution in [1.29, 1.82) is 0 Å². The van der Waals surface area contributed by atoms with Crippen LogP contribution in [0.3, 0.4) is 0 Å². The van der Waals surface area contributed by atoms with E-state index in [1.54, 1.807) is 0 Å².